The van der Waals surface area contributed by atoms with Crippen molar-refractivity contribution in [3.8, 4) is 0 Å². The summed E-state index contributed by atoms with van der Waals surface area (Å²) >= 11 is 0. The Hall–Kier alpha value is -0.860. The van der Waals surface area contributed by atoms with Crippen molar-refractivity contribution in [1.29, 1.82) is 0 Å². The largest absolute Gasteiger partial charge is 0.221 e. The summed E-state index contributed by atoms with van der Waals surface area (Å²) in [6, 6.07) is 0. The average Bonchev–Trinajstić information content (AvgIpc) is 1.76. The Bertz CT molecular complexity index is 63.0. The minimum Gasteiger partial charge on any atom is -0.221 e. The topological polar surface area (TPSA) is 38.8 Å². The normalized spacial score (nSPS) is 16.0. The van der Waals surface area contributed by atoms with E-state index in [1.54, 1.807) is 0 Å². The molecule has 0 amide bonds. The van der Waals surface area contributed by atoms with E-state index in [9.17, 15) is 0 Å². The molecule has 1 aliphatic heterocycles. The highest BCUT2D eigenvalue weighted by atomic mass is 15.3. The summed E-state index contributed by atoms with van der Waals surface area (Å²) in [5, 5.41) is 10.2. The Morgan fingerprint density at radius 3 is 1.80 bits per heavy atom. The van der Waals surface area contributed by atoms with Gasteiger partial charge >= 0.3 is 0 Å². The Morgan fingerprint density at radius 1 is 1.00 bits per heavy atom. The Balaban J connectivity index is 2.61. The van der Waals surface area contributed by atoms with Gasteiger partial charge in [0.05, 0.1) is 0 Å². The molecule has 0 spiro atoms. The molecule has 0 aliphatic carbocycles. The molecule has 1 radical (unpaired) electrons. The van der Waals surface area contributed by atoms with Gasteiger partial charge in [0.15, 0.2) is 0 Å². The summed E-state index contributed by atoms with van der Waals surface area (Å²) in [5.74, 6) is 0. The zero-order valence-corrected chi connectivity index (χ0v) is 2.50. The number of hydrogen-bond donors (Lipinski definition) is 0. The lowest BCUT2D eigenvalue weighted by molar-refractivity contribution is 1.29. The third kappa shape index (κ3) is 0.238. The van der Waals surface area contributed by atoms with E-state index in [0.29, 0.717) is 0 Å². The van der Waals surface area contributed by atoms with Crippen LogP contribution in [-0.2, 0) is 0 Å². The lowest BCUT2D eigenvalue weighted by Crippen LogP contribution is -1.87. The van der Waals surface area contributed by atoms with E-state index in [-0.39, 0.29) is 0 Å². The van der Waals surface area contributed by atoms with E-state index in [1.165, 1.54) is 12.7 Å². The van der Waals surface area contributed by atoms with Gasteiger partial charge < -0.3 is 0 Å². The molecule has 0 saturated heterocycles. The first-order chi connectivity index (χ1) is 2.50. The molecule has 0 aromatic carbocycles. The molecule has 5 heavy (non-hydrogen) atoms. The zero-order chi connectivity index (χ0) is 3.54. The van der Waals surface area contributed by atoms with Gasteiger partial charge in [0.1, 0.15) is 12.7 Å². The van der Waals surface area contributed by atoms with Gasteiger partial charge in [-0.05, 0) is 0 Å². The number of rotatable bonds is 0. The molecule has 25 valence electrons. The summed E-state index contributed by atoms with van der Waals surface area (Å²) in [4.78, 5) is 0. The highest BCUT2D eigenvalue weighted by Gasteiger charge is 1.74. The van der Waals surface area contributed by atoms with Crippen molar-refractivity contribution in [3.63, 3.8) is 0 Å². The second-order valence-corrected chi connectivity index (χ2v) is 0.611. The van der Waals surface area contributed by atoms with Gasteiger partial charge in [0.2, 0.25) is 0 Å². The van der Waals surface area contributed by atoms with Gasteiger partial charge in [-0.15, -0.1) is 10.2 Å². The van der Waals surface area contributed by atoms with E-state index in [2.05, 4.69) is 15.5 Å². The molecule has 3 nitrogen and oxygen atoms in total. The van der Waals surface area contributed by atoms with Crippen LogP contribution < -0.4 is 5.32 Å². The Morgan fingerprint density at radius 2 is 1.60 bits per heavy atom. The average molecular weight is 68.1 g/mol. The highest BCUT2D eigenvalue weighted by molar-refractivity contribution is 5.77. The van der Waals surface area contributed by atoms with Gasteiger partial charge in [-0.1, -0.05) is 0 Å². The molecule has 0 N–H and O–H groups in total. The van der Waals surface area contributed by atoms with Crippen molar-refractivity contribution in [1.82, 2.24) is 5.32 Å². The van der Waals surface area contributed by atoms with Crippen molar-refractivity contribution in [2.24, 2.45) is 10.2 Å². The molecule has 0 saturated carbocycles. The van der Waals surface area contributed by atoms with E-state index in [0.717, 1.165) is 0 Å². The number of nitrogens with zero attached hydrogens (tertiary/aromatic N) is 3. The van der Waals surface area contributed by atoms with Gasteiger partial charge in [-0.3, -0.25) is 0 Å². The van der Waals surface area contributed by atoms with Crippen LogP contribution in [0.1, 0.15) is 0 Å². The summed E-state index contributed by atoms with van der Waals surface area (Å²) in [6.45, 7) is 0. The summed E-state index contributed by atoms with van der Waals surface area (Å²) in [6.07, 6.45) is 2.78. The fraction of sp³-hybridized carbons (Fsp3) is 0. The quantitative estimate of drug-likeness (QED) is 0.369. The summed E-state index contributed by atoms with van der Waals surface area (Å²) in [7, 11) is 0. The predicted octanol–water partition coefficient (Wildman–Crippen LogP) is -0.424. The fourth-order valence-electron chi connectivity index (χ4n) is 0.149. The second-order valence-electron chi connectivity index (χ2n) is 0.611. The first-order valence-corrected chi connectivity index (χ1v) is 1.23. The predicted molar refractivity (Wildman–Crippen MR) is 19.1 cm³/mol. The van der Waals surface area contributed by atoms with Crippen LogP contribution in [0.4, 0.5) is 0 Å². The molecular formula is C2H2N3. The van der Waals surface area contributed by atoms with Crippen molar-refractivity contribution in [2.75, 3.05) is 0 Å². The maximum Gasteiger partial charge on any atom is 0.139 e. The molecule has 0 fully saturated rings. The minimum atomic E-state index is 1.39. The maximum atomic E-state index is 3.50. The van der Waals surface area contributed by atoms with E-state index in [4.69, 9.17) is 0 Å². The molecule has 3 heteroatoms. The SMILES string of the molecule is C1=NN=C[N]1. The van der Waals surface area contributed by atoms with Crippen molar-refractivity contribution < 1.29 is 0 Å². The highest BCUT2D eigenvalue weighted by Crippen LogP contribution is 1.67. The van der Waals surface area contributed by atoms with E-state index >= 15 is 0 Å². The van der Waals surface area contributed by atoms with Crippen LogP contribution >= 0.6 is 0 Å². The molecule has 0 bridgehead atoms. The maximum absolute atomic E-state index is 3.50. The van der Waals surface area contributed by atoms with Crippen molar-refractivity contribution >= 4 is 12.7 Å². The van der Waals surface area contributed by atoms with Crippen LogP contribution in [0.15, 0.2) is 10.2 Å². The molecule has 1 heterocycles. The van der Waals surface area contributed by atoms with Crippen LogP contribution in [-0.4, -0.2) is 12.7 Å². The van der Waals surface area contributed by atoms with Crippen molar-refractivity contribution in [3.05, 3.63) is 0 Å². The standard InChI is InChI=1S/C2H2N3/c1-3-2-5-4-1/h1-2H. The Kier molecular flexibility index (Phi) is 0.400. The van der Waals surface area contributed by atoms with Crippen molar-refractivity contribution in [2.45, 2.75) is 0 Å². The van der Waals surface area contributed by atoms with E-state index < -0.39 is 0 Å². The molecule has 1 rings (SSSR count). The van der Waals surface area contributed by atoms with Gasteiger partial charge in [-0.25, -0.2) is 5.32 Å². The minimum absolute atomic E-state index is 1.39. The Labute approximate surface area is 29.4 Å². The third-order valence-corrected chi connectivity index (χ3v) is 0.303. The summed E-state index contributed by atoms with van der Waals surface area (Å²) in [5.41, 5.74) is 0. The van der Waals surface area contributed by atoms with Crippen LogP contribution in [0.25, 0.3) is 0 Å². The van der Waals surface area contributed by atoms with Gasteiger partial charge in [-0.2, -0.15) is 0 Å². The molecule has 0 atom stereocenters. The second kappa shape index (κ2) is 0.839. The molecule has 0 unspecified atom stereocenters. The fourth-order valence-corrected chi connectivity index (χ4v) is 0.149. The monoisotopic (exact) mass is 68.0 g/mol. The lowest BCUT2D eigenvalue weighted by atomic mass is 11.2. The number of hydrogen-bond acceptors (Lipinski definition) is 2. The molecule has 0 aromatic heterocycles. The first kappa shape index (κ1) is 2.38. The van der Waals surface area contributed by atoms with Crippen LogP contribution in [0.5, 0.6) is 0 Å². The lowest BCUT2D eigenvalue weighted by Gasteiger charge is -1.56. The molecule has 1 aliphatic rings. The first-order valence-electron chi connectivity index (χ1n) is 1.23. The zero-order valence-electron chi connectivity index (χ0n) is 2.50. The molecule has 0 aromatic rings. The third-order valence-electron chi connectivity index (χ3n) is 0.303. The smallest absolute Gasteiger partial charge is 0.139 e. The van der Waals surface area contributed by atoms with Crippen LogP contribution in [0, 0.1) is 0 Å². The van der Waals surface area contributed by atoms with Crippen LogP contribution in [0.2, 0.25) is 0 Å². The van der Waals surface area contributed by atoms with Crippen LogP contribution in [0.3, 0.4) is 0 Å². The van der Waals surface area contributed by atoms with Gasteiger partial charge in [0.25, 0.3) is 0 Å². The molecular weight excluding hydrogens is 66.0 g/mol. The van der Waals surface area contributed by atoms with E-state index in [1.807, 2.05) is 0 Å². The van der Waals surface area contributed by atoms with Gasteiger partial charge in [0, 0.05) is 0 Å². The summed E-state index contributed by atoms with van der Waals surface area (Å²) < 4.78 is 0.